The van der Waals surface area contributed by atoms with E-state index in [1.807, 2.05) is 13.0 Å². The number of methoxy groups -OCH3 is 1. The van der Waals surface area contributed by atoms with Gasteiger partial charge in [0.2, 0.25) is 0 Å². The van der Waals surface area contributed by atoms with Crippen molar-refractivity contribution in [3.05, 3.63) is 18.0 Å². The fourth-order valence-electron chi connectivity index (χ4n) is 2.59. The molecule has 0 radical (unpaired) electrons. The number of pyridine rings is 1. The number of ether oxygens (including phenoxy) is 1. The van der Waals surface area contributed by atoms with E-state index in [2.05, 4.69) is 22.1 Å². The van der Waals surface area contributed by atoms with Crippen LogP contribution in [0.2, 0.25) is 0 Å². The zero-order chi connectivity index (χ0) is 13.7. The van der Waals surface area contributed by atoms with Crippen molar-refractivity contribution in [1.82, 2.24) is 9.88 Å². The predicted molar refractivity (Wildman–Crippen MR) is 78.9 cm³/mol. The van der Waals surface area contributed by atoms with E-state index in [0.29, 0.717) is 6.04 Å². The molecule has 2 heterocycles. The molecule has 1 fully saturated rings. The van der Waals surface area contributed by atoms with Gasteiger partial charge in [-0.3, -0.25) is 9.88 Å². The second kappa shape index (κ2) is 6.75. The molecule has 0 aromatic carbocycles. The van der Waals surface area contributed by atoms with Crippen LogP contribution < -0.4 is 10.1 Å². The van der Waals surface area contributed by atoms with Crippen LogP contribution in [-0.2, 0) is 0 Å². The largest absolute Gasteiger partial charge is 0.493 e. The van der Waals surface area contributed by atoms with E-state index in [9.17, 15) is 0 Å². The summed E-state index contributed by atoms with van der Waals surface area (Å²) in [6, 6.07) is 2.60. The Morgan fingerprint density at radius 2 is 2.11 bits per heavy atom. The molecule has 19 heavy (non-hydrogen) atoms. The van der Waals surface area contributed by atoms with Crippen molar-refractivity contribution in [1.29, 1.82) is 0 Å². The second-order valence-electron chi connectivity index (χ2n) is 5.35. The first-order valence-electron chi connectivity index (χ1n) is 7.19. The molecule has 1 aromatic rings. The van der Waals surface area contributed by atoms with Gasteiger partial charge in [-0.15, -0.1) is 0 Å². The minimum atomic E-state index is 0.554. The fourth-order valence-corrected chi connectivity index (χ4v) is 2.59. The lowest BCUT2D eigenvalue weighted by Gasteiger charge is -2.32. The highest BCUT2D eigenvalue weighted by molar-refractivity contribution is 5.55. The molecule has 0 amide bonds. The van der Waals surface area contributed by atoms with Gasteiger partial charge in [-0.25, -0.2) is 0 Å². The molecule has 1 aromatic heterocycles. The highest BCUT2D eigenvalue weighted by Crippen LogP contribution is 2.23. The number of piperidine rings is 1. The summed E-state index contributed by atoms with van der Waals surface area (Å²) in [7, 11) is 1.69. The Morgan fingerprint density at radius 1 is 1.37 bits per heavy atom. The van der Waals surface area contributed by atoms with Gasteiger partial charge in [0.05, 0.1) is 19.0 Å². The number of likely N-dealkylation sites (tertiary alicyclic amines) is 1. The number of hydrogen-bond acceptors (Lipinski definition) is 4. The Kier molecular flexibility index (Phi) is 5.02. The van der Waals surface area contributed by atoms with Crippen LogP contribution in [-0.4, -0.2) is 42.7 Å². The molecule has 106 valence electrons. The lowest BCUT2D eigenvalue weighted by molar-refractivity contribution is 0.180. The third-order valence-corrected chi connectivity index (χ3v) is 3.83. The lowest BCUT2D eigenvalue weighted by atomic mass is 10.1. The molecule has 0 spiro atoms. The van der Waals surface area contributed by atoms with Gasteiger partial charge in [0.25, 0.3) is 0 Å². The van der Waals surface area contributed by atoms with Crippen molar-refractivity contribution in [2.24, 2.45) is 0 Å². The zero-order valence-corrected chi connectivity index (χ0v) is 12.3. The summed E-state index contributed by atoms with van der Waals surface area (Å²) in [5.74, 6) is 0.816. The molecular weight excluding hydrogens is 238 g/mol. The van der Waals surface area contributed by atoms with Gasteiger partial charge in [0, 0.05) is 18.3 Å². The standard InChI is InChI=1S/C15H25N3O/c1-12-9-14(15(19-3)11-16-12)17-10-13(2)18-7-5-4-6-8-18/h9,11,13H,4-8,10H2,1-3H3,(H,16,17). The van der Waals surface area contributed by atoms with Gasteiger partial charge >= 0.3 is 0 Å². The number of anilines is 1. The minimum absolute atomic E-state index is 0.554. The van der Waals surface area contributed by atoms with Gasteiger partial charge < -0.3 is 10.1 Å². The molecule has 1 N–H and O–H groups in total. The summed E-state index contributed by atoms with van der Waals surface area (Å²) in [5, 5.41) is 3.50. The van der Waals surface area contributed by atoms with E-state index < -0.39 is 0 Å². The van der Waals surface area contributed by atoms with Gasteiger partial charge in [0.15, 0.2) is 5.75 Å². The van der Waals surface area contributed by atoms with E-state index in [0.717, 1.165) is 23.7 Å². The van der Waals surface area contributed by atoms with Gasteiger partial charge in [-0.05, 0) is 45.8 Å². The molecule has 1 atom stereocenters. The third-order valence-electron chi connectivity index (χ3n) is 3.83. The summed E-state index contributed by atoms with van der Waals surface area (Å²) in [4.78, 5) is 6.82. The summed E-state index contributed by atoms with van der Waals surface area (Å²) >= 11 is 0. The topological polar surface area (TPSA) is 37.4 Å². The normalized spacial score (nSPS) is 18.1. The number of aromatic nitrogens is 1. The van der Waals surface area contributed by atoms with Crippen LogP contribution in [0.1, 0.15) is 31.9 Å². The van der Waals surface area contributed by atoms with Crippen LogP contribution in [0.5, 0.6) is 5.75 Å². The molecule has 1 aliphatic rings. The van der Waals surface area contributed by atoms with Crippen LogP contribution in [0.4, 0.5) is 5.69 Å². The maximum atomic E-state index is 5.34. The summed E-state index contributed by atoms with van der Waals surface area (Å²) in [6.45, 7) is 7.70. The number of aryl methyl sites for hydroxylation is 1. The van der Waals surface area contributed by atoms with Crippen molar-refractivity contribution >= 4 is 5.69 Å². The molecule has 0 bridgehead atoms. The Labute approximate surface area is 116 Å². The Morgan fingerprint density at radius 3 is 2.79 bits per heavy atom. The van der Waals surface area contributed by atoms with Crippen molar-refractivity contribution in [2.45, 2.75) is 39.2 Å². The molecule has 1 saturated heterocycles. The van der Waals surface area contributed by atoms with Crippen molar-refractivity contribution in [2.75, 3.05) is 32.1 Å². The van der Waals surface area contributed by atoms with Crippen LogP contribution in [0.25, 0.3) is 0 Å². The van der Waals surface area contributed by atoms with Gasteiger partial charge in [-0.2, -0.15) is 0 Å². The third kappa shape index (κ3) is 3.83. The summed E-state index contributed by atoms with van der Waals surface area (Å²) < 4.78 is 5.34. The number of nitrogens with zero attached hydrogens (tertiary/aromatic N) is 2. The molecule has 1 aliphatic heterocycles. The maximum absolute atomic E-state index is 5.34. The fraction of sp³-hybridized carbons (Fsp3) is 0.667. The van der Waals surface area contributed by atoms with Crippen molar-refractivity contribution < 1.29 is 4.74 Å². The van der Waals surface area contributed by atoms with Gasteiger partial charge in [-0.1, -0.05) is 6.42 Å². The average molecular weight is 263 g/mol. The first-order chi connectivity index (χ1) is 9.20. The van der Waals surface area contributed by atoms with Crippen LogP contribution >= 0.6 is 0 Å². The Balaban J connectivity index is 1.92. The maximum Gasteiger partial charge on any atom is 0.160 e. The smallest absolute Gasteiger partial charge is 0.160 e. The van der Waals surface area contributed by atoms with E-state index in [4.69, 9.17) is 4.74 Å². The van der Waals surface area contributed by atoms with E-state index in [-0.39, 0.29) is 0 Å². The SMILES string of the molecule is COc1cnc(C)cc1NCC(C)N1CCCCC1. The lowest BCUT2D eigenvalue weighted by Crippen LogP contribution is -2.41. The van der Waals surface area contributed by atoms with Gasteiger partial charge in [0.1, 0.15) is 0 Å². The molecular formula is C15H25N3O. The Hall–Kier alpha value is -1.29. The summed E-state index contributed by atoms with van der Waals surface area (Å²) in [5.41, 5.74) is 2.05. The quantitative estimate of drug-likeness (QED) is 0.886. The molecule has 4 nitrogen and oxygen atoms in total. The highest BCUT2D eigenvalue weighted by Gasteiger charge is 2.16. The van der Waals surface area contributed by atoms with Crippen LogP contribution in [0.15, 0.2) is 12.3 Å². The predicted octanol–water partition coefficient (Wildman–Crippen LogP) is 2.68. The molecule has 0 aliphatic carbocycles. The van der Waals surface area contributed by atoms with Crippen LogP contribution in [0, 0.1) is 6.92 Å². The Bertz CT molecular complexity index is 402. The van der Waals surface area contributed by atoms with Crippen molar-refractivity contribution in [3.63, 3.8) is 0 Å². The highest BCUT2D eigenvalue weighted by atomic mass is 16.5. The second-order valence-corrected chi connectivity index (χ2v) is 5.35. The number of hydrogen-bond donors (Lipinski definition) is 1. The average Bonchev–Trinajstić information content (AvgIpc) is 2.46. The first kappa shape index (κ1) is 14.1. The monoisotopic (exact) mass is 263 g/mol. The number of rotatable bonds is 5. The van der Waals surface area contributed by atoms with E-state index in [1.54, 1.807) is 13.3 Å². The molecule has 1 unspecified atom stereocenters. The van der Waals surface area contributed by atoms with E-state index >= 15 is 0 Å². The van der Waals surface area contributed by atoms with Crippen molar-refractivity contribution in [3.8, 4) is 5.75 Å². The summed E-state index contributed by atoms with van der Waals surface area (Å²) in [6.07, 6.45) is 5.83. The molecule has 2 rings (SSSR count). The molecule has 0 saturated carbocycles. The zero-order valence-electron chi connectivity index (χ0n) is 12.3. The first-order valence-corrected chi connectivity index (χ1v) is 7.19. The minimum Gasteiger partial charge on any atom is -0.493 e. The molecule has 4 heteroatoms. The van der Waals surface area contributed by atoms with Crippen LogP contribution in [0.3, 0.4) is 0 Å². The number of nitrogens with one attached hydrogen (secondary N) is 1. The van der Waals surface area contributed by atoms with E-state index in [1.165, 1.54) is 32.4 Å².